The lowest BCUT2D eigenvalue weighted by molar-refractivity contribution is 0.0900. The van der Waals surface area contributed by atoms with Crippen LogP contribution in [-0.2, 0) is 0 Å². The number of piperidine rings is 2. The van der Waals surface area contributed by atoms with Gasteiger partial charge in [0.25, 0.3) is 13.4 Å². The van der Waals surface area contributed by atoms with Gasteiger partial charge in [0, 0.05) is 92.5 Å². The van der Waals surface area contributed by atoms with Gasteiger partial charge in [-0.15, -0.1) is 0 Å². The number of hydrogen-bond acceptors (Lipinski definition) is 6. The van der Waals surface area contributed by atoms with Crippen molar-refractivity contribution in [3.63, 3.8) is 0 Å². The standard InChI is InChI=1S/C69H53B2N5O/c1-6-20-47(21-7-1)72(48-22-8-2-9-23-48)54-39-63-68-64(40-54)76(51-28-14-5-15-29-51)62-44-66-59(43-58(62)70(68)56-30-16-18-32-60(56)74(63)49-24-10-3-11-25-49)71-57-31-17-19-33-61(57)75(50-26-12-4-13-27-50)65-41-55(42-67(77-66)69(65)71)73-52-35-45-34-46(37-52)38-53(73)36-45/h1-33,39-46,52-53H,34-38H2. The van der Waals surface area contributed by atoms with E-state index in [1.807, 2.05) is 0 Å². The van der Waals surface area contributed by atoms with Crippen LogP contribution in [0.15, 0.2) is 237 Å². The largest absolute Gasteiger partial charge is 0.458 e. The smallest absolute Gasteiger partial charge is 0.256 e. The van der Waals surface area contributed by atoms with Crippen molar-refractivity contribution >= 4 is 120 Å². The molecule has 6 heterocycles. The lowest BCUT2D eigenvalue weighted by Gasteiger charge is -2.57. The lowest BCUT2D eigenvalue weighted by atomic mass is 9.30. The summed E-state index contributed by atoms with van der Waals surface area (Å²) in [6.07, 6.45) is 6.61. The van der Waals surface area contributed by atoms with Crippen molar-refractivity contribution in [2.75, 3.05) is 24.5 Å². The number of benzene rings is 10. The third-order valence-electron chi connectivity index (χ3n) is 18.2. The molecular weight excluding hydrogens is 936 g/mol. The summed E-state index contributed by atoms with van der Waals surface area (Å²) < 4.78 is 7.68. The van der Waals surface area contributed by atoms with Gasteiger partial charge in [0.15, 0.2) is 0 Å². The van der Waals surface area contributed by atoms with Gasteiger partial charge < -0.3 is 29.2 Å². The van der Waals surface area contributed by atoms with Gasteiger partial charge >= 0.3 is 0 Å². The molecule has 4 fully saturated rings. The van der Waals surface area contributed by atoms with Crippen LogP contribution in [0.4, 0.5) is 73.9 Å². The number of fused-ring (bicyclic) bond motifs is 8. The van der Waals surface area contributed by atoms with Crippen LogP contribution in [0, 0.1) is 11.8 Å². The van der Waals surface area contributed by atoms with Gasteiger partial charge in [-0.2, -0.15) is 0 Å². The van der Waals surface area contributed by atoms with Gasteiger partial charge in [0.1, 0.15) is 11.5 Å². The summed E-state index contributed by atoms with van der Waals surface area (Å²) in [7, 11) is 0. The molecule has 0 unspecified atom stereocenters. The molecule has 4 bridgehead atoms. The Bertz CT molecular complexity index is 3910. The normalized spacial score (nSPS) is 19.4. The first-order valence-corrected chi connectivity index (χ1v) is 27.8. The molecule has 0 N–H and O–H groups in total. The zero-order valence-electron chi connectivity index (χ0n) is 42.7. The molecule has 2 saturated heterocycles. The zero-order chi connectivity index (χ0) is 50.3. The molecule has 6 nitrogen and oxygen atoms in total. The van der Waals surface area contributed by atoms with Gasteiger partial charge in [-0.05, 0) is 168 Å². The van der Waals surface area contributed by atoms with Crippen molar-refractivity contribution in [2.45, 2.75) is 44.2 Å². The van der Waals surface area contributed by atoms with E-state index in [1.54, 1.807) is 0 Å². The van der Waals surface area contributed by atoms with Gasteiger partial charge in [-0.25, -0.2) is 0 Å². The van der Waals surface area contributed by atoms with Crippen LogP contribution in [0.25, 0.3) is 0 Å². The van der Waals surface area contributed by atoms with Crippen LogP contribution in [0.3, 0.4) is 0 Å². The molecule has 0 amide bonds. The highest BCUT2D eigenvalue weighted by Gasteiger charge is 2.50. The first-order valence-electron chi connectivity index (χ1n) is 27.8. The molecule has 18 rings (SSSR count). The van der Waals surface area contributed by atoms with Gasteiger partial charge in [0.2, 0.25) is 0 Å². The Morgan fingerprint density at radius 3 is 1.29 bits per heavy atom. The molecule has 77 heavy (non-hydrogen) atoms. The van der Waals surface area contributed by atoms with E-state index in [0.29, 0.717) is 12.1 Å². The molecule has 8 aliphatic rings. The van der Waals surface area contributed by atoms with Crippen molar-refractivity contribution in [3.8, 4) is 11.5 Å². The minimum Gasteiger partial charge on any atom is -0.458 e. The van der Waals surface area contributed by atoms with E-state index in [1.165, 1.54) is 87.6 Å². The number of hydrogen-bond donors (Lipinski definition) is 0. The summed E-state index contributed by atoms with van der Waals surface area (Å²) in [5.74, 6) is 3.60. The minimum atomic E-state index is -0.0972. The van der Waals surface area contributed by atoms with E-state index in [2.05, 4.69) is 261 Å². The van der Waals surface area contributed by atoms with Crippen molar-refractivity contribution in [1.82, 2.24) is 0 Å². The van der Waals surface area contributed by atoms with E-state index >= 15 is 0 Å². The average molecular weight is 990 g/mol. The van der Waals surface area contributed by atoms with Crippen LogP contribution < -0.4 is 62.0 Å². The van der Waals surface area contributed by atoms with Gasteiger partial charge in [-0.1, -0.05) is 133 Å². The minimum absolute atomic E-state index is 0.0638. The second kappa shape index (κ2) is 16.8. The monoisotopic (exact) mass is 989 g/mol. The fraction of sp³-hybridized carbons (Fsp3) is 0.130. The average Bonchev–Trinajstić information content (AvgIpc) is 3.65. The van der Waals surface area contributed by atoms with Gasteiger partial charge in [0.05, 0.1) is 5.69 Å². The van der Waals surface area contributed by atoms with E-state index in [-0.39, 0.29) is 13.4 Å². The molecule has 366 valence electrons. The molecule has 2 saturated carbocycles. The third kappa shape index (κ3) is 6.51. The highest BCUT2D eigenvalue weighted by atomic mass is 16.5. The number of para-hydroxylation sites is 7. The van der Waals surface area contributed by atoms with Crippen molar-refractivity contribution in [3.05, 3.63) is 237 Å². The molecular formula is C69H53B2N5O. The number of rotatable bonds is 7. The molecule has 0 aromatic heterocycles. The topological polar surface area (TPSA) is 25.4 Å². The van der Waals surface area contributed by atoms with E-state index < -0.39 is 0 Å². The summed E-state index contributed by atoms with van der Waals surface area (Å²) in [6, 6.07) is 88.9. The second-order valence-corrected chi connectivity index (χ2v) is 22.5. The Morgan fingerprint density at radius 1 is 0.325 bits per heavy atom. The first kappa shape index (κ1) is 43.4. The molecule has 10 aromatic carbocycles. The Balaban J connectivity index is 0.935. The van der Waals surface area contributed by atoms with E-state index in [4.69, 9.17) is 4.74 Å². The molecule has 2 aliphatic carbocycles. The zero-order valence-corrected chi connectivity index (χ0v) is 42.7. The number of ether oxygens (including phenoxy) is 1. The summed E-state index contributed by atoms with van der Waals surface area (Å²) in [6.45, 7) is -0.161. The molecule has 0 atom stereocenters. The van der Waals surface area contributed by atoms with Crippen LogP contribution >= 0.6 is 0 Å². The summed E-state index contributed by atoms with van der Waals surface area (Å²) in [5.41, 5.74) is 22.6. The summed E-state index contributed by atoms with van der Waals surface area (Å²) in [5, 5.41) is 0. The highest BCUT2D eigenvalue weighted by molar-refractivity contribution is 7.02. The summed E-state index contributed by atoms with van der Waals surface area (Å²) >= 11 is 0. The first-order chi connectivity index (χ1) is 38.2. The summed E-state index contributed by atoms with van der Waals surface area (Å²) in [4.78, 5) is 12.8. The fourth-order valence-corrected chi connectivity index (χ4v) is 15.5. The lowest BCUT2D eigenvalue weighted by Crippen LogP contribution is -2.64. The molecule has 6 aliphatic heterocycles. The van der Waals surface area contributed by atoms with Crippen molar-refractivity contribution < 1.29 is 4.74 Å². The second-order valence-electron chi connectivity index (χ2n) is 22.5. The molecule has 10 aromatic rings. The van der Waals surface area contributed by atoms with E-state index in [9.17, 15) is 0 Å². The maximum atomic E-state index is 7.68. The predicted octanol–water partition coefficient (Wildman–Crippen LogP) is 13.4. The third-order valence-corrected chi connectivity index (χ3v) is 18.2. The predicted molar refractivity (Wildman–Crippen MR) is 321 cm³/mol. The number of anilines is 13. The Labute approximate surface area is 451 Å². The fourth-order valence-electron chi connectivity index (χ4n) is 15.5. The molecule has 0 spiro atoms. The molecule has 0 radical (unpaired) electrons. The molecule has 8 heteroatoms. The highest BCUT2D eigenvalue weighted by Crippen LogP contribution is 2.54. The van der Waals surface area contributed by atoms with Crippen LogP contribution in [0.1, 0.15) is 32.1 Å². The van der Waals surface area contributed by atoms with Crippen molar-refractivity contribution in [2.24, 2.45) is 11.8 Å². The Morgan fingerprint density at radius 2 is 0.766 bits per heavy atom. The van der Waals surface area contributed by atoms with Crippen molar-refractivity contribution in [1.29, 1.82) is 0 Å². The SMILES string of the molecule is c1ccc(N(c2ccccc2)c2cc3c4c(c2)N(c2ccccc2)c2cc5c(cc2B4c2ccccc2N3c2ccccc2)B2c3ccccc3N(c3ccccc3)c3cc(N4C6CC7CC(C6)CC4C7)cc(c32)O5)cc1. The van der Waals surface area contributed by atoms with Crippen LogP contribution in [0.2, 0.25) is 0 Å². The Hall–Kier alpha value is -8.87. The van der Waals surface area contributed by atoms with Crippen LogP contribution in [-0.4, -0.2) is 25.5 Å². The maximum absolute atomic E-state index is 7.68. The maximum Gasteiger partial charge on any atom is 0.256 e. The number of nitrogens with zero attached hydrogens (tertiary/aromatic N) is 5. The quantitative estimate of drug-likeness (QED) is 0.148. The Kier molecular flexibility index (Phi) is 9.47. The van der Waals surface area contributed by atoms with Gasteiger partial charge in [-0.3, -0.25) is 0 Å². The van der Waals surface area contributed by atoms with Crippen LogP contribution in [0.5, 0.6) is 11.5 Å². The van der Waals surface area contributed by atoms with E-state index in [0.717, 1.165) is 74.5 Å².